The zero-order valence-corrected chi connectivity index (χ0v) is 14.1. The third-order valence-electron chi connectivity index (χ3n) is 4.25. The van der Waals surface area contributed by atoms with E-state index in [2.05, 4.69) is 47.0 Å². The Hall–Kier alpha value is -0.383. The average molecular weight is 270 g/mol. The summed E-state index contributed by atoms with van der Waals surface area (Å²) in [6, 6.07) is 0. The van der Waals surface area contributed by atoms with Gasteiger partial charge in [-0.2, -0.15) is 0 Å². The molecule has 0 bridgehead atoms. The quantitative estimate of drug-likeness (QED) is 0.581. The van der Waals surface area contributed by atoms with Gasteiger partial charge >= 0.3 is 0 Å². The highest BCUT2D eigenvalue weighted by Crippen LogP contribution is 2.39. The van der Waals surface area contributed by atoms with Gasteiger partial charge in [0, 0.05) is 5.41 Å². The molecule has 0 aromatic carbocycles. The first kappa shape index (κ1) is 17.6. The minimum Gasteiger partial charge on any atom is -0.412 e. The zero-order valence-electron chi connectivity index (χ0n) is 13.1. The second kappa shape index (κ2) is 5.72. The Balaban J connectivity index is 4.94. The molecular formula is C15H30O2Si. The Kier molecular flexibility index (Phi) is 5.60. The second-order valence-electron chi connectivity index (χ2n) is 6.80. The lowest BCUT2D eigenvalue weighted by atomic mass is 9.82. The number of hydrogen-bond donors (Lipinski definition) is 1. The molecular weight excluding hydrogens is 240 g/mol. The van der Waals surface area contributed by atoms with Crippen LogP contribution in [-0.4, -0.2) is 25.6 Å². The number of hydrogen-bond acceptors (Lipinski definition) is 2. The first-order valence-electron chi connectivity index (χ1n) is 6.54. The molecule has 18 heavy (non-hydrogen) atoms. The van der Waals surface area contributed by atoms with Crippen molar-refractivity contribution in [2.45, 2.75) is 65.0 Å². The van der Waals surface area contributed by atoms with E-state index in [1.54, 1.807) is 12.2 Å². The maximum absolute atomic E-state index is 10.4. The van der Waals surface area contributed by atoms with Gasteiger partial charge in [-0.1, -0.05) is 39.8 Å². The first-order chi connectivity index (χ1) is 7.91. The van der Waals surface area contributed by atoms with Crippen LogP contribution in [0.5, 0.6) is 0 Å². The Morgan fingerprint density at radius 1 is 1.11 bits per heavy atom. The second-order valence-corrected chi connectivity index (χ2v) is 11.6. The van der Waals surface area contributed by atoms with Gasteiger partial charge in [0.15, 0.2) is 8.32 Å². The van der Waals surface area contributed by atoms with Crippen LogP contribution in [0.25, 0.3) is 0 Å². The lowest BCUT2D eigenvalue weighted by Gasteiger charge is -2.42. The van der Waals surface area contributed by atoms with Crippen LogP contribution < -0.4 is 0 Å². The van der Waals surface area contributed by atoms with Crippen molar-refractivity contribution >= 4 is 8.32 Å². The van der Waals surface area contributed by atoms with E-state index in [0.717, 1.165) is 0 Å². The molecule has 1 N–H and O–H groups in total. The normalized spacial score (nSPS) is 17.1. The molecule has 0 heterocycles. The molecule has 0 aliphatic heterocycles. The van der Waals surface area contributed by atoms with Crippen molar-refractivity contribution in [3.63, 3.8) is 0 Å². The van der Waals surface area contributed by atoms with Gasteiger partial charge in [0.1, 0.15) is 0 Å². The molecule has 0 fully saturated rings. The van der Waals surface area contributed by atoms with Crippen LogP contribution in [-0.2, 0) is 4.43 Å². The summed E-state index contributed by atoms with van der Waals surface area (Å²) in [5.74, 6) is 0. The predicted octanol–water partition coefficient (Wildman–Crippen LogP) is 4.14. The van der Waals surface area contributed by atoms with E-state index in [4.69, 9.17) is 4.43 Å². The fourth-order valence-corrected chi connectivity index (χ4v) is 2.95. The molecule has 0 aromatic heterocycles. The average Bonchev–Trinajstić information content (AvgIpc) is 2.24. The lowest BCUT2D eigenvalue weighted by Crippen LogP contribution is -2.49. The SMILES string of the molecule is C=CC(C)(C=C)[C@@H](O)[C@H](C)O[Si](C)(C)C(C)(C)C. The van der Waals surface area contributed by atoms with Crippen molar-refractivity contribution in [3.8, 4) is 0 Å². The van der Waals surface area contributed by atoms with Gasteiger partial charge in [-0.25, -0.2) is 0 Å². The Bertz CT molecular complexity index is 294. The van der Waals surface area contributed by atoms with E-state index in [0.29, 0.717) is 0 Å². The highest BCUT2D eigenvalue weighted by Gasteiger charge is 2.41. The molecule has 2 nitrogen and oxygen atoms in total. The molecule has 0 rings (SSSR count). The van der Waals surface area contributed by atoms with Gasteiger partial charge < -0.3 is 9.53 Å². The van der Waals surface area contributed by atoms with Gasteiger partial charge in [-0.3, -0.25) is 0 Å². The van der Waals surface area contributed by atoms with Crippen LogP contribution in [0, 0.1) is 5.41 Å². The maximum atomic E-state index is 10.4. The molecule has 0 radical (unpaired) electrons. The maximum Gasteiger partial charge on any atom is 0.192 e. The molecule has 0 saturated heterocycles. The summed E-state index contributed by atoms with van der Waals surface area (Å²) < 4.78 is 6.21. The molecule has 3 heteroatoms. The number of aliphatic hydroxyl groups excluding tert-OH is 1. The smallest absolute Gasteiger partial charge is 0.192 e. The van der Waals surface area contributed by atoms with E-state index < -0.39 is 19.8 Å². The topological polar surface area (TPSA) is 29.5 Å². The molecule has 0 spiro atoms. The lowest BCUT2D eigenvalue weighted by molar-refractivity contribution is -0.00672. The van der Waals surface area contributed by atoms with Crippen molar-refractivity contribution < 1.29 is 9.53 Å². The summed E-state index contributed by atoms with van der Waals surface area (Å²) in [6.07, 6.45) is 2.61. The van der Waals surface area contributed by atoms with E-state index in [1.165, 1.54) is 0 Å². The highest BCUT2D eigenvalue weighted by atomic mass is 28.4. The van der Waals surface area contributed by atoms with Gasteiger partial charge in [0.2, 0.25) is 0 Å². The number of aliphatic hydroxyl groups is 1. The summed E-state index contributed by atoms with van der Waals surface area (Å²) in [6.45, 7) is 22.4. The highest BCUT2D eigenvalue weighted by molar-refractivity contribution is 6.74. The van der Waals surface area contributed by atoms with Gasteiger partial charge in [0.05, 0.1) is 12.2 Å². The minimum atomic E-state index is -1.86. The van der Waals surface area contributed by atoms with Crippen molar-refractivity contribution in [2.75, 3.05) is 0 Å². The van der Waals surface area contributed by atoms with Crippen LogP contribution in [0.2, 0.25) is 18.1 Å². The van der Waals surface area contributed by atoms with E-state index in [9.17, 15) is 5.11 Å². The van der Waals surface area contributed by atoms with E-state index >= 15 is 0 Å². The van der Waals surface area contributed by atoms with Crippen LogP contribution in [0.4, 0.5) is 0 Å². The first-order valence-corrected chi connectivity index (χ1v) is 9.45. The molecule has 106 valence electrons. The van der Waals surface area contributed by atoms with Gasteiger partial charge in [-0.15, -0.1) is 13.2 Å². The molecule has 0 aliphatic rings. The molecule has 0 amide bonds. The van der Waals surface area contributed by atoms with Crippen molar-refractivity contribution in [3.05, 3.63) is 25.3 Å². The largest absolute Gasteiger partial charge is 0.412 e. The number of rotatable bonds is 6. The molecule has 0 saturated carbocycles. The van der Waals surface area contributed by atoms with Gasteiger partial charge in [-0.05, 0) is 25.1 Å². The third-order valence-corrected chi connectivity index (χ3v) is 8.82. The predicted molar refractivity (Wildman–Crippen MR) is 82.3 cm³/mol. The fraction of sp³-hybridized carbons (Fsp3) is 0.733. The van der Waals surface area contributed by atoms with Crippen LogP contribution >= 0.6 is 0 Å². The molecule has 0 aliphatic carbocycles. The summed E-state index contributed by atoms with van der Waals surface area (Å²) in [5, 5.41) is 10.6. The standard InChI is InChI=1S/C15H30O2Si/c1-10-15(7,11-2)13(16)12(3)17-18(8,9)14(4,5)6/h10-13,16H,1-2H2,3-9H3/t12-,13-/m0/s1. The minimum absolute atomic E-state index is 0.139. The Morgan fingerprint density at radius 2 is 1.50 bits per heavy atom. The third kappa shape index (κ3) is 3.80. The Morgan fingerprint density at radius 3 is 1.78 bits per heavy atom. The van der Waals surface area contributed by atoms with Crippen molar-refractivity contribution in [1.29, 1.82) is 0 Å². The molecule has 0 aromatic rings. The summed E-state index contributed by atoms with van der Waals surface area (Å²) in [7, 11) is -1.86. The summed E-state index contributed by atoms with van der Waals surface area (Å²) in [4.78, 5) is 0. The van der Waals surface area contributed by atoms with Crippen LogP contribution in [0.1, 0.15) is 34.6 Å². The van der Waals surface area contributed by atoms with Crippen molar-refractivity contribution in [2.24, 2.45) is 5.41 Å². The summed E-state index contributed by atoms with van der Waals surface area (Å²) >= 11 is 0. The van der Waals surface area contributed by atoms with Crippen molar-refractivity contribution in [1.82, 2.24) is 0 Å². The van der Waals surface area contributed by atoms with Gasteiger partial charge in [0.25, 0.3) is 0 Å². The van der Waals surface area contributed by atoms with E-state index in [-0.39, 0.29) is 11.1 Å². The van der Waals surface area contributed by atoms with Crippen LogP contribution in [0.3, 0.4) is 0 Å². The van der Waals surface area contributed by atoms with Crippen LogP contribution in [0.15, 0.2) is 25.3 Å². The molecule has 0 unspecified atom stereocenters. The Labute approximate surface area is 114 Å². The van der Waals surface area contributed by atoms with E-state index in [1.807, 2.05) is 13.8 Å². The monoisotopic (exact) mass is 270 g/mol. The fourth-order valence-electron chi connectivity index (χ4n) is 1.54. The molecule has 2 atom stereocenters. The zero-order chi connectivity index (χ0) is 14.8. The summed E-state index contributed by atoms with van der Waals surface area (Å²) in [5.41, 5.74) is -0.512.